The van der Waals surface area contributed by atoms with Crippen LogP contribution in [0.3, 0.4) is 0 Å². The van der Waals surface area contributed by atoms with Gasteiger partial charge in [0, 0.05) is 12.8 Å². The first-order chi connectivity index (χ1) is 9.66. The predicted octanol–water partition coefficient (Wildman–Crippen LogP) is 4.09. The Morgan fingerprint density at radius 1 is 0.900 bits per heavy atom. The summed E-state index contributed by atoms with van der Waals surface area (Å²) < 4.78 is 5.09. The molecule has 116 valence electrons. The normalized spacial score (nSPS) is 10.2. The number of esters is 1. The molecule has 0 saturated carbocycles. The van der Waals surface area contributed by atoms with Crippen LogP contribution in [0.4, 0.5) is 0 Å². The molecular weight excluding hydrogens is 256 g/mol. The van der Waals surface area contributed by atoms with Crippen molar-refractivity contribution in [2.75, 3.05) is 6.61 Å². The lowest BCUT2D eigenvalue weighted by molar-refractivity contribution is -0.144. The largest absolute Gasteiger partial charge is 0.481 e. The number of carboxylic acids is 1. The van der Waals surface area contributed by atoms with Gasteiger partial charge < -0.3 is 9.84 Å². The highest BCUT2D eigenvalue weighted by atomic mass is 16.5. The highest BCUT2D eigenvalue weighted by molar-refractivity contribution is 5.69. The van der Waals surface area contributed by atoms with Crippen molar-refractivity contribution in [3.63, 3.8) is 0 Å². The third kappa shape index (κ3) is 14.7. The summed E-state index contributed by atoms with van der Waals surface area (Å²) in [6, 6.07) is 0. The van der Waals surface area contributed by atoms with Gasteiger partial charge in [-0.2, -0.15) is 0 Å². The summed E-state index contributed by atoms with van der Waals surface area (Å²) in [5, 5.41) is 8.46. The summed E-state index contributed by atoms with van der Waals surface area (Å²) in [6.45, 7) is 4.10. The molecule has 0 atom stereocenters. The number of hydrogen-bond acceptors (Lipinski definition) is 3. The van der Waals surface area contributed by atoms with E-state index in [0.29, 0.717) is 19.4 Å². The molecule has 0 rings (SSSR count). The number of allylic oxidation sites excluding steroid dienone is 1. The Balaban J connectivity index is 3.20. The van der Waals surface area contributed by atoms with Crippen LogP contribution in [-0.4, -0.2) is 23.7 Å². The molecule has 0 aliphatic heterocycles. The van der Waals surface area contributed by atoms with Crippen molar-refractivity contribution in [2.45, 2.75) is 70.6 Å². The van der Waals surface area contributed by atoms with Crippen molar-refractivity contribution >= 4 is 11.9 Å². The number of rotatable bonds is 14. The van der Waals surface area contributed by atoms with Crippen molar-refractivity contribution in [2.24, 2.45) is 0 Å². The zero-order valence-corrected chi connectivity index (χ0v) is 12.4. The quantitative estimate of drug-likeness (QED) is 0.296. The highest BCUT2D eigenvalue weighted by Crippen LogP contribution is 2.08. The average Bonchev–Trinajstić information content (AvgIpc) is 2.41. The molecule has 0 heterocycles. The van der Waals surface area contributed by atoms with Gasteiger partial charge in [-0.05, 0) is 38.5 Å². The van der Waals surface area contributed by atoms with E-state index in [1.807, 2.05) is 6.08 Å². The Bertz CT molecular complexity index is 274. The number of unbranched alkanes of at least 4 members (excludes halogenated alkanes) is 7. The van der Waals surface area contributed by atoms with Gasteiger partial charge in [-0.3, -0.25) is 9.59 Å². The number of hydrogen-bond donors (Lipinski definition) is 1. The van der Waals surface area contributed by atoms with Crippen LogP contribution in [0.25, 0.3) is 0 Å². The summed E-state index contributed by atoms with van der Waals surface area (Å²) in [5.41, 5.74) is 0. The second-order valence-corrected chi connectivity index (χ2v) is 5.02. The van der Waals surface area contributed by atoms with E-state index in [2.05, 4.69) is 6.58 Å². The van der Waals surface area contributed by atoms with Gasteiger partial charge in [0.1, 0.15) is 0 Å². The lowest BCUT2D eigenvalue weighted by Gasteiger charge is -2.04. The summed E-state index contributed by atoms with van der Waals surface area (Å²) >= 11 is 0. The second-order valence-electron chi connectivity index (χ2n) is 5.02. The van der Waals surface area contributed by atoms with Crippen molar-refractivity contribution in [3.05, 3.63) is 12.7 Å². The van der Waals surface area contributed by atoms with Gasteiger partial charge in [-0.25, -0.2) is 0 Å². The first-order valence-corrected chi connectivity index (χ1v) is 7.65. The van der Waals surface area contributed by atoms with E-state index in [4.69, 9.17) is 9.84 Å². The van der Waals surface area contributed by atoms with Gasteiger partial charge in [0.15, 0.2) is 0 Å². The molecule has 0 amide bonds. The molecule has 4 nitrogen and oxygen atoms in total. The molecule has 0 unspecified atom stereocenters. The number of carbonyl (C=O) groups excluding carboxylic acids is 1. The van der Waals surface area contributed by atoms with E-state index in [0.717, 1.165) is 38.5 Å². The number of carbonyl (C=O) groups is 2. The van der Waals surface area contributed by atoms with E-state index >= 15 is 0 Å². The molecule has 0 aromatic rings. The summed E-state index contributed by atoms with van der Waals surface area (Å²) in [4.78, 5) is 21.7. The maximum absolute atomic E-state index is 11.4. The van der Waals surface area contributed by atoms with Crippen molar-refractivity contribution in [1.29, 1.82) is 0 Å². The molecule has 0 fully saturated rings. The van der Waals surface area contributed by atoms with E-state index in [1.54, 1.807) is 0 Å². The van der Waals surface area contributed by atoms with Crippen LogP contribution < -0.4 is 0 Å². The number of carboxylic acid groups (broad SMARTS) is 1. The topological polar surface area (TPSA) is 63.6 Å². The fourth-order valence-corrected chi connectivity index (χ4v) is 1.90. The lowest BCUT2D eigenvalue weighted by atomic mass is 10.1. The minimum atomic E-state index is -0.768. The first-order valence-electron chi connectivity index (χ1n) is 7.65. The average molecular weight is 284 g/mol. The summed E-state index contributed by atoms with van der Waals surface area (Å²) in [7, 11) is 0. The minimum absolute atomic E-state index is 0.130. The SMILES string of the molecule is C=CCCCCCCCC(=O)OCCCCCC(=O)O. The van der Waals surface area contributed by atoms with Crippen molar-refractivity contribution in [1.82, 2.24) is 0 Å². The van der Waals surface area contributed by atoms with Crippen LogP contribution >= 0.6 is 0 Å². The molecule has 0 saturated heterocycles. The van der Waals surface area contributed by atoms with E-state index in [1.165, 1.54) is 12.8 Å². The Morgan fingerprint density at radius 3 is 2.20 bits per heavy atom. The van der Waals surface area contributed by atoms with Crippen LogP contribution in [0.5, 0.6) is 0 Å². The molecule has 0 aliphatic rings. The Hall–Kier alpha value is -1.32. The van der Waals surface area contributed by atoms with Crippen LogP contribution in [0.1, 0.15) is 70.6 Å². The van der Waals surface area contributed by atoms with E-state index in [9.17, 15) is 9.59 Å². The number of ether oxygens (including phenoxy) is 1. The van der Waals surface area contributed by atoms with Crippen LogP contribution in [-0.2, 0) is 14.3 Å². The van der Waals surface area contributed by atoms with Crippen LogP contribution in [0.15, 0.2) is 12.7 Å². The Labute approximate surface area is 122 Å². The summed E-state index contributed by atoms with van der Waals surface area (Å²) in [5.74, 6) is -0.899. The maximum Gasteiger partial charge on any atom is 0.305 e. The fraction of sp³-hybridized carbons (Fsp3) is 0.750. The molecule has 0 aromatic carbocycles. The van der Waals surface area contributed by atoms with E-state index < -0.39 is 5.97 Å². The molecule has 20 heavy (non-hydrogen) atoms. The van der Waals surface area contributed by atoms with Gasteiger partial charge in [0.2, 0.25) is 0 Å². The van der Waals surface area contributed by atoms with E-state index in [-0.39, 0.29) is 12.4 Å². The standard InChI is InChI=1S/C16H28O4/c1-2-3-4-5-6-7-10-13-16(19)20-14-11-8-9-12-15(17)18/h2H,1,3-14H2,(H,17,18). The zero-order valence-electron chi connectivity index (χ0n) is 12.4. The Kier molecular flexibility index (Phi) is 13.2. The summed E-state index contributed by atoms with van der Waals surface area (Å²) in [6.07, 6.45) is 11.4. The minimum Gasteiger partial charge on any atom is -0.481 e. The smallest absolute Gasteiger partial charge is 0.305 e. The molecule has 4 heteroatoms. The fourth-order valence-electron chi connectivity index (χ4n) is 1.90. The van der Waals surface area contributed by atoms with Gasteiger partial charge in [-0.15, -0.1) is 6.58 Å². The predicted molar refractivity (Wildman–Crippen MR) is 79.6 cm³/mol. The second kappa shape index (κ2) is 14.1. The van der Waals surface area contributed by atoms with Crippen LogP contribution in [0.2, 0.25) is 0 Å². The molecule has 0 bridgehead atoms. The monoisotopic (exact) mass is 284 g/mol. The molecule has 0 radical (unpaired) electrons. The van der Waals surface area contributed by atoms with Gasteiger partial charge in [0.05, 0.1) is 6.61 Å². The molecular formula is C16H28O4. The van der Waals surface area contributed by atoms with Gasteiger partial charge >= 0.3 is 11.9 Å². The molecule has 0 spiro atoms. The van der Waals surface area contributed by atoms with Crippen LogP contribution in [0, 0.1) is 0 Å². The zero-order chi connectivity index (χ0) is 15.1. The Morgan fingerprint density at radius 2 is 1.50 bits per heavy atom. The molecule has 0 aliphatic carbocycles. The third-order valence-electron chi connectivity index (χ3n) is 3.09. The molecule has 1 N–H and O–H groups in total. The first kappa shape index (κ1) is 18.7. The maximum atomic E-state index is 11.4. The van der Waals surface area contributed by atoms with Crippen molar-refractivity contribution in [3.8, 4) is 0 Å². The van der Waals surface area contributed by atoms with Gasteiger partial charge in [-0.1, -0.05) is 25.3 Å². The third-order valence-corrected chi connectivity index (χ3v) is 3.09. The van der Waals surface area contributed by atoms with Gasteiger partial charge in [0.25, 0.3) is 0 Å². The number of aliphatic carboxylic acids is 1. The highest BCUT2D eigenvalue weighted by Gasteiger charge is 2.02. The molecule has 0 aromatic heterocycles. The van der Waals surface area contributed by atoms with Crippen molar-refractivity contribution < 1.29 is 19.4 Å². The lowest BCUT2D eigenvalue weighted by Crippen LogP contribution is -2.05.